The number of carbonyl (C=O) groups excluding carboxylic acids is 2. The molecule has 25 heavy (non-hydrogen) atoms. The number of amides is 2. The number of imide groups is 1. The van der Waals surface area contributed by atoms with E-state index in [9.17, 15) is 9.59 Å². The van der Waals surface area contributed by atoms with Gasteiger partial charge in [-0.05, 0) is 17.7 Å². The molecule has 2 aromatic heterocycles. The maximum absolute atomic E-state index is 12.0. The highest BCUT2D eigenvalue weighted by Crippen LogP contribution is 2.30. The predicted octanol–water partition coefficient (Wildman–Crippen LogP) is 2.55. The highest BCUT2D eigenvalue weighted by Gasteiger charge is 2.24. The number of fused-ring (bicyclic) bond motifs is 2. The van der Waals surface area contributed by atoms with E-state index in [-0.39, 0.29) is 11.8 Å². The van der Waals surface area contributed by atoms with Crippen LogP contribution in [0.2, 0.25) is 0 Å². The number of H-pyrrole nitrogens is 1. The van der Waals surface area contributed by atoms with Gasteiger partial charge in [-0.1, -0.05) is 30.3 Å². The first-order chi connectivity index (χ1) is 12.2. The third-order valence-electron chi connectivity index (χ3n) is 4.46. The summed E-state index contributed by atoms with van der Waals surface area (Å²) in [5.41, 5.74) is 3.90. The van der Waals surface area contributed by atoms with Crippen molar-refractivity contribution in [1.29, 1.82) is 0 Å². The summed E-state index contributed by atoms with van der Waals surface area (Å²) in [6.45, 7) is 0. The lowest BCUT2D eigenvalue weighted by Crippen LogP contribution is -2.21. The summed E-state index contributed by atoms with van der Waals surface area (Å²) in [6.07, 6.45) is 4.97. The topological polar surface area (TPSA) is 79.8 Å². The number of nitrogens with zero attached hydrogens (tertiary/aromatic N) is 2. The summed E-state index contributed by atoms with van der Waals surface area (Å²) in [6, 6.07) is 13.6. The second-order valence-electron chi connectivity index (χ2n) is 5.89. The van der Waals surface area contributed by atoms with E-state index in [1.54, 1.807) is 6.20 Å². The molecule has 0 aliphatic carbocycles. The fourth-order valence-electron chi connectivity index (χ4n) is 3.32. The molecule has 6 nitrogen and oxygen atoms in total. The summed E-state index contributed by atoms with van der Waals surface area (Å²) in [5.74, 6) is -0.765. The standard InChI is InChI=1S/C19H12N4O2/c24-18-8-13(19(25)22-18)11-5-3-7-16-14(11)9-21-23(16)17-10-20-15-6-2-1-4-12(15)17/h1-10,20H,(H,22,24,25). The average Bonchev–Trinajstić information content (AvgIpc) is 3.30. The Morgan fingerprint density at radius 1 is 0.960 bits per heavy atom. The van der Waals surface area contributed by atoms with Crippen LogP contribution >= 0.6 is 0 Å². The van der Waals surface area contributed by atoms with Gasteiger partial charge in [0.05, 0.1) is 23.0 Å². The maximum Gasteiger partial charge on any atom is 0.258 e. The summed E-state index contributed by atoms with van der Waals surface area (Å²) in [5, 5.41) is 8.69. The zero-order valence-corrected chi connectivity index (χ0v) is 13.0. The molecular weight excluding hydrogens is 316 g/mol. The van der Waals surface area contributed by atoms with Crippen LogP contribution in [0.4, 0.5) is 0 Å². The van der Waals surface area contributed by atoms with Gasteiger partial charge in [0, 0.05) is 28.6 Å². The Kier molecular flexibility index (Phi) is 2.70. The SMILES string of the molecule is O=C1C=C(c2cccc3c2cnn3-c2c[nH]c3ccccc23)C(=O)N1. The third kappa shape index (κ3) is 1.94. The number of benzene rings is 2. The van der Waals surface area contributed by atoms with Gasteiger partial charge in [-0.2, -0.15) is 5.10 Å². The predicted molar refractivity (Wildman–Crippen MR) is 94.1 cm³/mol. The minimum atomic E-state index is -0.388. The normalized spacial score (nSPS) is 14.3. The van der Waals surface area contributed by atoms with Crippen LogP contribution in [0.3, 0.4) is 0 Å². The molecule has 2 amide bonds. The fraction of sp³-hybridized carbons (Fsp3) is 0. The van der Waals surface area contributed by atoms with E-state index in [0.29, 0.717) is 11.1 Å². The Hall–Kier alpha value is -3.67. The smallest absolute Gasteiger partial charge is 0.258 e. The number of hydrogen-bond donors (Lipinski definition) is 2. The molecule has 2 N–H and O–H groups in total. The van der Waals surface area contributed by atoms with Crippen LogP contribution in [-0.4, -0.2) is 26.6 Å². The van der Waals surface area contributed by atoms with E-state index in [4.69, 9.17) is 0 Å². The summed E-state index contributed by atoms with van der Waals surface area (Å²) in [7, 11) is 0. The van der Waals surface area contributed by atoms with Gasteiger partial charge in [0.15, 0.2) is 0 Å². The van der Waals surface area contributed by atoms with Crippen LogP contribution < -0.4 is 5.32 Å². The molecule has 0 atom stereocenters. The molecule has 3 heterocycles. The first-order valence-corrected chi connectivity index (χ1v) is 7.83. The molecule has 0 spiro atoms. The quantitative estimate of drug-likeness (QED) is 0.555. The van der Waals surface area contributed by atoms with Crippen molar-refractivity contribution in [3.05, 3.63) is 66.5 Å². The highest BCUT2D eigenvalue weighted by atomic mass is 16.2. The van der Waals surface area contributed by atoms with Crippen LogP contribution in [0.25, 0.3) is 33.1 Å². The van der Waals surface area contributed by atoms with Crippen molar-refractivity contribution < 1.29 is 9.59 Å². The molecule has 0 fully saturated rings. The van der Waals surface area contributed by atoms with E-state index >= 15 is 0 Å². The zero-order chi connectivity index (χ0) is 17.0. The number of carbonyl (C=O) groups is 2. The van der Waals surface area contributed by atoms with Crippen molar-refractivity contribution in [1.82, 2.24) is 20.1 Å². The monoisotopic (exact) mass is 328 g/mol. The van der Waals surface area contributed by atoms with Crippen LogP contribution in [-0.2, 0) is 9.59 Å². The second kappa shape index (κ2) is 4.91. The van der Waals surface area contributed by atoms with E-state index in [2.05, 4.69) is 15.4 Å². The molecule has 1 aliphatic rings. The van der Waals surface area contributed by atoms with E-state index < -0.39 is 0 Å². The molecule has 120 valence electrons. The summed E-state index contributed by atoms with van der Waals surface area (Å²) in [4.78, 5) is 26.7. The number of aromatic nitrogens is 3. The molecular formula is C19H12N4O2. The van der Waals surface area contributed by atoms with Gasteiger partial charge in [-0.25, -0.2) is 4.68 Å². The van der Waals surface area contributed by atoms with Crippen molar-refractivity contribution in [2.24, 2.45) is 0 Å². The molecule has 0 unspecified atom stereocenters. The lowest BCUT2D eigenvalue weighted by atomic mass is 10.0. The maximum atomic E-state index is 12.0. The molecule has 0 radical (unpaired) electrons. The molecule has 0 bridgehead atoms. The molecule has 1 aliphatic heterocycles. The number of rotatable bonds is 2. The Morgan fingerprint density at radius 3 is 2.68 bits per heavy atom. The fourth-order valence-corrected chi connectivity index (χ4v) is 3.32. The van der Waals surface area contributed by atoms with Gasteiger partial charge in [0.2, 0.25) is 0 Å². The number of aromatic amines is 1. The molecule has 2 aromatic carbocycles. The van der Waals surface area contributed by atoms with Crippen molar-refractivity contribution in [2.75, 3.05) is 0 Å². The molecule has 0 saturated carbocycles. The highest BCUT2D eigenvalue weighted by molar-refractivity contribution is 6.35. The van der Waals surface area contributed by atoms with E-state index in [1.807, 2.05) is 53.3 Å². The van der Waals surface area contributed by atoms with Gasteiger partial charge in [-0.15, -0.1) is 0 Å². The summed E-state index contributed by atoms with van der Waals surface area (Å²) < 4.78 is 1.84. The first kappa shape index (κ1) is 13.7. The minimum absolute atomic E-state index is 0.370. The van der Waals surface area contributed by atoms with Gasteiger partial charge in [0.1, 0.15) is 0 Å². The molecule has 5 rings (SSSR count). The Bertz CT molecular complexity index is 1210. The molecule has 4 aromatic rings. The van der Waals surface area contributed by atoms with Crippen molar-refractivity contribution in [3.8, 4) is 5.69 Å². The average molecular weight is 328 g/mol. The van der Waals surface area contributed by atoms with E-state index in [0.717, 1.165) is 27.5 Å². The van der Waals surface area contributed by atoms with Crippen molar-refractivity contribution in [3.63, 3.8) is 0 Å². The van der Waals surface area contributed by atoms with Crippen LogP contribution in [0.5, 0.6) is 0 Å². The van der Waals surface area contributed by atoms with Crippen molar-refractivity contribution in [2.45, 2.75) is 0 Å². The lowest BCUT2D eigenvalue weighted by Gasteiger charge is -2.05. The van der Waals surface area contributed by atoms with Crippen LogP contribution in [0.1, 0.15) is 5.56 Å². The Morgan fingerprint density at radius 2 is 1.84 bits per heavy atom. The van der Waals surface area contributed by atoms with Gasteiger partial charge < -0.3 is 4.98 Å². The van der Waals surface area contributed by atoms with Crippen molar-refractivity contribution >= 4 is 39.2 Å². The molecule has 0 saturated heterocycles. The largest absolute Gasteiger partial charge is 0.359 e. The number of hydrogen-bond acceptors (Lipinski definition) is 3. The van der Waals surface area contributed by atoms with Crippen LogP contribution in [0.15, 0.2) is 60.9 Å². The minimum Gasteiger partial charge on any atom is -0.359 e. The third-order valence-corrected chi connectivity index (χ3v) is 4.46. The van der Waals surface area contributed by atoms with Crippen LogP contribution in [0, 0.1) is 0 Å². The number of nitrogens with one attached hydrogen (secondary N) is 2. The number of para-hydroxylation sites is 1. The lowest BCUT2D eigenvalue weighted by molar-refractivity contribution is -0.123. The Labute approximate surface area is 141 Å². The van der Waals surface area contributed by atoms with E-state index in [1.165, 1.54) is 6.08 Å². The zero-order valence-electron chi connectivity index (χ0n) is 13.0. The summed E-state index contributed by atoms with van der Waals surface area (Å²) >= 11 is 0. The molecule has 6 heteroatoms. The first-order valence-electron chi connectivity index (χ1n) is 7.83. The van der Waals surface area contributed by atoms with Gasteiger partial charge in [-0.3, -0.25) is 14.9 Å². The Balaban J connectivity index is 1.75. The van der Waals surface area contributed by atoms with Gasteiger partial charge in [0.25, 0.3) is 11.8 Å². The second-order valence-corrected chi connectivity index (χ2v) is 5.89. The van der Waals surface area contributed by atoms with Gasteiger partial charge >= 0.3 is 0 Å².